The minimum Gasteiger partial charge on any atom is -0.481 e. The molecule has 104 valence electrons. The van der Waals surface area contributed by atoms with Gasteiger partial charge in [-0.25, -0.2) is 4.39 Å². The van der Waals surface area contributed by atoms with Crippen molar-refractivity contribution in [2.24, 2.45) is 0 Å². The zero-order chi connectivity index (χ0) is 13.9. The fourth-order valence-electron chi connectivity index (χ4n) is 1.99. The molecule has 4 nitrogen and oxygen atoms in total. The summed E-state index contributed by atoms with van der Waals surface area (Å²) in [5, 5.41) is 12.0. The van der Waals surface area contributed by atoms with Crippen LogP contribution in [0.15, 0.2) is 22.7 Å². The largest absolute Gasteiger partial charge is 0.481 e. The summed E-state index contributed by atoms with van der Waals surface area (Å²) in [5.74, 6) is -0.844. The summed E-state index contributed by atoms with van der Waals surface area (Å²) in [5.41, 5.74) is -0.501. The maximum atomic E-state index is 13.5. The summed E-state index contributed by atoms with van der Waals surface area (Å²) in [4.78, 5) is 11.7. The molecule has 0 heterocycles. The van der Waals surface area contributed by atoms with Gasteiger partial charge in [-0.15, -0.1) is 0 Å². The second-order valence-electron chi connectivity index (χ2n) is 4.70. The van der Waals surface area contributed by atoms with E-state index in [-0.39, 0.29) is 24.9 Å². The number of benzene rings is 1. The van der Waals surface area contributed by atoms with E-state index in [9.17, 15) is 14.3 Å². The average molecular weight is 332 g/mol. The van der Waals surface area contributed by atoms with Crippen molar-refractivity contribution in [3.8, 4) is 5.75 Å². The van der Waals surface area contributed by atoms with Crippen LogP contribution in [0.2, 0.25) is 0 Å². The Hall–Kier alpha value is -1.14. The highest BCUT2D eigenvalue weighted by Gasteiger charge is 2.37. The van der Waals surface area contributed by atoms with Gasteiger partial charge in [0.2, 0.25) is 0 Å². The van der Waals surface area contributed by atoms with Gasteiger partial charge >= 0.3 is 0 Å². The van der Waals surface area contributed by atoms with Crippen molar-refractivity contribution in [2.45, 2.75) is 24.8 Å². The third-order valence-electron chi connectivity index (χ3n) is 3.27. The first kappa shape index (κ1) is 14.3. The molecule has 0 aromatic heterocycles. The lowest BCUT2D eigenvalue weighted by Gasteiger charge is -2.40. The summed E-state index contributed by atoms with van der Waals surface area (Å²) < 4.78 is 19.2. The van der Waals surface area contributed by atoms with Crippen LogP contribution < -0.4 is 10.1 Å². The van der Waals surface area contributed by atoms with Gasteiger partial charge in [-0.05, 0) is 37.5 Å². The molecular weight excluding hydrogens is 317 g/mol. The Morgan fingerprint density at radius 1 is 1.53 bits per heavy atom. The summed E-state index contributed by atoms with van der Waals surface area (Å²) in [7, 11) is 0. The van der Waals surface area contributed by atoms with Gasteiger partial charge in [-0.1, -0.05) is 15.9 Å². The van der Waals surface area contributed by atoms with Gasteiger partial charge < -0.3 is 15.2 Å². The highest BCUT2D eigenvalue weighted by molar-refractivity contribution is 9.10. The maximum absolute atomic E-state index is 13.5. The van der Waals surface area contributed by atoms with Gasteiger partial charge in [0.15, 0.2) is 18.2 Å². The first-order valence-corrected chi connectivity index (χ1v) is 6.84. The van der Waals surface area contributed by atoms with Crippen molar-refractivity contribution in [2.75, 3.05) is 13.2 Å². The van der Waals surface area contributed by atoms with E-state index in [1.165, 1.54) is 12.1 Å². The maximum Gasteiger partial charge on any atom is 0.258 e. The molecule has 1 saturated carbocycles. The second kappa shape index (κ2) is 5.88. The van der Waals surface area contributed by atoms with Crippen LogP contribution >= 0.6 is 15.9 Å². The standard InChI is InChI=1S/C13H15BrFNO3/c14-9-2-3-11(10(15)6-9)19-7-12(18)16-13(8-17)4-1-5-13/h2-3,6,17H,1,4-5,7-8H2,(H,16,18). The number of rotatable bonds is 5. The molecule has 1 aliphatic rings. The number of carbonyl (C=O) groups excluding carboxylic acids is 1. The van der Waals surface area contributed by atoms with Crippen molar-refractivity contribution in [3.05, 3.63) is 28.5 Å². The van der Waals surface area contributed by atoms with Gasteiger partial charge in [0.05, 0.1) is 12.1 Å². The van der Waals surface area contributed by atoms with Crippen LogP contribution in [-0.4, -0.2) is 29.8 Å². The van der Waals surface area contributed by atoms with Crippen LogP contribution in [0.25, 0.3) is 0 Å². The Balaban J connectivity index is 1.86. The smallest absolute Gasteiger partial charge is 0.258 e. The van der Waals surface area contributed by atoms with Crippen LogP contribution in [-0.2, 0) is 4.79 Å². The molecule has 0 atom stereocenters. The molecule has 0 saturated heterocycles. The number of aliphatic hydroxyl groups is 1. The second-order valence-corrected chi connectivity index (χ2v) is 5.62. The molecule has 1 aromatic rings. The lowest BCUT2D eigenvalue weighted by molar-refractivity contribution is -0.127. The van der Waals surface area contributed by atoms with Crippen molar-refractivity contribution in [1.29, 1.82) is 0 Å². The lowest BCUT2D eigenvalue weighted by atomic mass is 9.77. The molecule has 0 radical (unpaired) electrons. The van der Waals surface area contributed by atoms with E-state index in [0.717, 1.165) is 19.3 Å². The number of nitrogens with one attached hydrogen (secondary N) is 1. The monoisotopic (exact) mass is 331 g/mol. The van der Waals surface area contributed by atoms with Gasteiger partial charge in [-0.2, -0.15) is 0 Å². The van der Waals surface area contributed by atoms with Crippen LogP contribution in [0.3, 0.4) is 0 Å². The number of amides is 1. The number of hydrogen-bond donors (Lipinski definition) is 2. The molecule has 6 heteroatoms. The van der Waals surface area contributed by atoms with E-state index >= 15 is 0 Å². The molecule has 2 rings (SSSR count). The van der Waals surface area contributed by atoms with E-state index in [4.69, 9.17) is 4.74 Å². The van der Waals surface area contributed by atoms with Crippen molar-refractivity contribution in [1.82, 2.24) is 5.32 Å². The van der Waals surface area contributed by atoms with Gasteiger partial charge in [-0.3, -0.25) is 4.79 Å². The number of ether oxygens (including phenoxy) is 1. The highest BCUT2D eigenvalue weighted by Crippen LogP contribution is 2.31. The normalized spacial score (nSPS) is 16.6. The summed E-state index contributed by atoms with van der Waals surface area (Å²) in [6.45, 7) is -0.342. The van der Waals surface area contributed by atoms with Crippen molar-refractivity contribution >= 4 is 21.8 Å². The minimum absolute atomic E-state index is 0.0324. The van der Waals surface area contributed by atoms with E-state index in [2.05, 4.69) is 21.2 Å². The van der Waals surface area contributed by atoms with E-state index < -0.39 is 11.4 Å². The van der Waals surface area contributed by atoms with Gasteiger partial charge in [0.1, 0.15) is 0 Å². The van der Waals surface area contributed by atoms with Crippen LogP contribution in [0.4, 0.5) is 4.39 Å². The Morgan fingerprint density at radius 2 is 2.26 bits per heavy atom. The minimum atomic E-state index is -0.525. The quantitative estimate of drug-likeness (QED) is 0.867. The molecule has 1 fully saturated rings. The van der Waals surface area contributed by atoms with Crippen molar-refractivity contribution < 1.29 is 19.0 Å². The summed E-state index contributed by atoms with van der Waals surface area (Å²) in [6.07, 6.45) is 2.52. The molecule has 0 unspecified atom stereocenters. The molecule has 1 aromatic carbocycles. The molecule has 0 spiro atoms. The van der Waals surface area contributed by atoms with Crippen molar-refractivity contribution in [3.63, 3.8) is 0 Å². The predicted molar refractivity (Wildman–Crippen MR) is 71.4 cm³/mol. The zero-order valence-electron chi connectivity index (χ0n) is 10.3. The molecule has 0 bridgehead atoms. The number of aliphatic hydroxyl groups excluding tert-OH is 1. The SMILES string of the molecule is O=C(COc1ccc(Br)cc1F)NC1(CO)CCC1. The fourth-order valence-corrected chi connectivity index (χ4v) is 2.33. The van der Waals surface area contributed by atoms with Crippen LogP contribution in [0.5, 0.6) is 5.75 Å². The molecular formula is C13H15BrFNO3. The number of carbonyl (C=O) groups is 1. The highest BCUT2D eigenvalue weighted by atomic mass is 79.9. The number of hydrogen-bond acceptors (Lipinski definition) is 3. The average Bonchev–Trinajstić information content (AvgIpc) is 2.33. The van der Waals surface area contributed by atoms with E-state index in [0.29, 0.717) is 4.47 Å². The van der Waals surface area contributed by atoms with Gasteiger partial charge in [0, 0.05) is 4.47 Å². The van der Waals surface area contributed by atoms with Crippen LogP contribution in [0.1, 0.15) is 19.3 Å². The van der Waals surface area contributed by atoms with Crippen LogP contribution in [0, 0.1) is 5.82 Å². The summed E-state index contributed by atoms with van der Waals surface area (Å²) in [6, 6.07) is 4.36. The Kier molecular flexibility index (Phi) is 4.42. The molecule has 0 aliphatic heterocycles. The predicted octanol–water partition coefficient (Wildman–Crippen LogP) is 2.00. The fraction of sp³-hybridized carbons (Fsp3) is 0.462. The topological polar surface area (TPSA) is 58.6 Å². The van der Waals surface area contributed by atoms with E-state index in [1.54, 1.807) is 6.07 Å². The zero-order valence-corrected chi connectivity index (χ0v) is 11.9. The number of halogens is 2. The molecule has 1 amide bonds. The van der Waals surface area contributed by atoms with Gasteiger partial charge in [0.25, 0.3) is 5.91 Å². The van der Waals surface area contributed by atoms with E-state index in [1.807, 2.05) is 0 Å². The lowest BCUT2D eigenvalue weighted by Crippen LogP contribution is -2.57. The molecule has 2 N–H and O–H groups in total. The third kappa shape index (κ3) is 3.45. The molecule has 1 aliphatic carbocycles. The Morgan fingerprint density at radius 3 is 2.79 bits per heavy atom. The molecule has 19 heavy (non-hydrogen) atoms. The Bertz CT molecular complexity index is 471. The Labute approximate surface area is 119 Å². The first-order valence-electron chi connectivity index (χ1n) is 6.04. The third-order valence-corrected chi connectivity index (χ3v) is 3.76. The first-order chi connectivity index (χ1) is 9.04. The summed E-state index contributed by atoms with van der Waals surface area (Å²) >= 11 is 3.14.